The van der Waals surface area contributed by atoms with Gasteiger partial charge in [-0.15, -0.1) is 0 Å². The predicted octanol–water partition coefficient (Wildman–Crippen LogP) is 4.34. The van der Waals surface area contributed by atoms with Crippen LogP contribution in [0.15, 0.2) is 46.9 Å². The van der Waals surface area contributed by atoms with E-state index in [0.717, 1.165) is 15.7 Å². The monoisotopic (exact) mass is 350 g/mol. The van der Waals surface area contributed by atoms with Crippen LogP contribution in [0.4, 0.5) is 15.8 Å². The fourth-order valence-electron chi connectivity index (χ4n) is 1.86. The Morgan fingerprint density at radius 3 is 2.71 bits per heavy atom. The molecule has 0 aromatic heterocycles. The Morgan fingerprint density at radius 1 is 1.19 bits per heavy atom. The number of anilines is 2. The number of aryl methyl sites for hydroxylation is 1. The maximum Gasteiger partial charge on any atom is 0.226 e. The van der Waals surface area contributed by atoms with E-state index in [1.165, 1.54) is 12.1 Å². The Bertz CT molecular complexity index is 646. The minimum atomic E-state index is -0.296. The SMILES string of the molecule is Cc1cc(NC(=O)CCNc2cccc(F)c2)ccc1Br. The van der Waals surface area contributed by atoms with Gasteiger partial charge in [-0.1, -0.05) is 22.0 Å². The van der Waals surface area contributed by atoms with Gasteiger partial charge in [-0.3, -0.25) is 4.79 Å². The van der Waals surface area contributed by atoms with Crippen molar-refractivity contribution in [2.24, 2.45) is 0 Å². The zero-order valence-electron chi connectivity index (χ0n) is 11.6. The lowest BCUT2D eigenvalue weighted by molar-refractivity contribution is -0.115. The summed E-state index contributed by atoms with van der Waals surface area (Å²) in [6.07, 6.45) is 0.311. The number of carbonyl (C=O) groups excluding carboxylic acids is 1. The molecule has 0 fully saturated rings. The predicted molar refractivity (Wildman–Crippen MR) is 87.0 cm³/mol. The van der Waals surface area contributed by atoms with E-state index in [1.807, 2.05) is 25.1 Å². The third kappa shape index (κ3) is 4.86. The van der Waals surface area contributed by atoms with E-state index in [9.17, 15) is 9.18 Å². The van der Waals surface area contributed by atoms with Crippen molar-refractivity contribution in [1.29, 1.82) is 0 Å². The fraction of sp³-hybridized carbons (Fsp3) is 0.188. The van der Waals surface area contributed by atoms with Gasteiger partial charge in [0, 0.05) is 28.8 Å². The summed E-state index contributed by atoms with van der Waals surface area (Å²) in [5.74, 6) is -0.379. The van der Waals surface area contributed by atoms with Crippen molar-refractivity contribution in [1.82, 2.24) is 0 Å². The first kappa shape index (κ1) is 15.5. The first-order chi connectivity index (χ1) is 10.0. The number of nitrogens with one attached hydrogen (secondary N) is 2. The summed E-state index contributed by atoms with van der Waals surface area (Å²) in [7, 11) is 0. The average molecular weight is 351 g/mol. The molecule has 3 nitrogen and oxygen atoms in total. The van der Waals surface area contributed by atoms with Crippen LogP contribution >= 0.6 is 15.9 Å². The van der Waals surface area contributed by atoms with Gasteiger partial charge in [0.2, 0.25) is 5.91 Å². The van der Waals surface area contributed by atoms with Crippen molar-refractivity contribution in [3.63, 3.8) is 0 Å². The number of benzene rings is 2. The number of carbonyl (C=O) groups is 1. The lowest BCUT2D eigenvalue weighted by Gasteiger charge is -2.08. The average Bonchev–Trinajstić information content (AvgIpc) is 2.43. The molecule has 2 aromatic rings. The standard InChI is InChI=1S/C16H16BrFN2O/c1-11-9-14(5-6-15(11)17)20-16(21)7-8-19-13-4-2-3-12(18)10-13/h2-6,9-10,19H,7-8H2,1H3,(H,20,21). The van der Waals surface area contributed by atoms with E-state index in [-0.39, 0.29) is 11.7 Å². The zero-order chi connectivity index (χ0) is 15.2. The van der Waals surface area contributed by atoms with Gasteiger partial charge in [-0.25, -0.2) is 4.39 Å². The van der Waals surface area contributed by atoms with E-state index >= 15 is 0 Å². The lowest BCUT2D eigenvalue weighted by atomic mass is 10.2. The van der Waals surface area contributed by atoms with E-state index < -0.39 is 0 Å². The second kappa shape index (κ2) is 7.22. The Morgan fingerprint density at radius 2 is 2.00 bits per heavy atom. The molecule has 21 heavy (non-hydrogen) atoms. The van der Waals surface area contributed by atoms with Gasteiger partial charge in [0.25, 0.3) is 0 Å². The van der Waals surface area contributed by atoms with Gasteiger partial charge < -0.3 is 10.6 Å². The van der Waals surface area contributed by atoms with Crippen LogP contribution in [0.3, 0.4) is 0 Å². The minimum Gasteiger partial charge on any atom is -0.384 e. The first-order valence-corrected chi connectivity index (χ1v) is 7.39. The highest BCUT2D eigenvalue weighted by Crippen LogP contribution is 2.20. The van der Waals surface area contributed by atoms with Crippen molar-refractivity contribution in [2.45, 2.75) is 13.3 Å². The molecular formula is C16H16BrFN2O. The minimum absolute atomic E-state index is 0.0828. The highest BCUT2D eigenvalue weighted by atomic mass is 79.9. The van der Waals surface area contributed by atoms with Gasteiger partial charge in [0.15, 0.2) is 0 Å². The maximum atomic E-state index is 13.0. The van der Waals surface area contributed by atoms with Crippen LogP contribution in [0.25, 0.3) is 0 Å². The lowest BCUT2D eigenvalue weighted by Crippen LogP contribution is -2.16. The van der Waals surface area contributed by atoms with E-state index in [1.54, 1.807) is 12.1 Å². The van der Waals surface area contributed by atoms with Crippen molar-refractivity contribution in [3.05, 3.63) is 58.3 Å². The van der Waals surface area contributed by atoms with Crippen molar-refractivity contribution >= 4 is 33.2 Å². The molecule has 0 bridgehead atoms. The Balaban J connectivity index is 1.81. The van der Waals surface area contributed by atoms with E-state index in [0.29, 0.717) is 18.7 Å². The van der Waals surface area contributed by atoms with Crippen LogP contribution in [0.1, 0.15) is 12.0 Å². The van der Waals surface area contributed by atoms with Crippen LogP contribution in [0.2, 0.25) is 0 Å². The second-order valence-corrected chi connectivity index (χ2v) is 5.55. The first-order valence-electron chi connectivity index (χ1n) is 6.60. The molecule has 0 aliphatic rings. The molecule has 0 aliphatic heterocycles. The Labute approximate surface area is 131 Å². The third-order valence-electron chi connectivity index (χ3n) is 2.95. The number of hydrogen-bond acceptors (Lipinski definition) is 2. The maximum absolute atomic E-state index is 13.0. The molecule has 0 radical (unpaired) electrons. The van der Waals surface area contributed by atoms with Crippen LogP contribution in [-0.4, -0.2) is 12.5 Å². The van der Waals surface area contributed by atoms with Gasteiger partial charge in [0.1, 0.15) is 5.82 Å². The van der Waals surface area contributed by atoms with Crippen LogP contribution in [0, 0.1) is 12.7 Å². The summed E-state index contributed by atoms with van der Waals surface area (Å²) in [5.41, 5.74) is 2.50. The molecule has 0 heterocycles. The summed E-state index contributed by atoms with van der Waals surface area (Å²) in [4.78, 5) is 11.8. The van der Waals surface area contributed by atoms with E-state index in [2.05, 4.69) is 26.6 Å². The van der Waals surface area contributed by atoms with E-state index in [4.69, 9.17) is 0 Å². The number of hydrogen-bond donors (Lipinski definition) is 2. The molecule has 0 atom stereocenters. The highest BCUT2D eigenvalue weighted by molar-refractivity contribution is 9.10. The van der Waals surface area contributed by atoms with Crippen LogP contribution in [-0.2, 0) is 4.79 Å². The smallest absolute Gasteiger partial charge is 0.226 e. The van der Waals surface area contributed by atoms with Gasteiger partial charge in [-0.2, -0.15) is 0 Å². The quantitative estimate of drug-likeness (QED) is 0.842. The van der Waals surface area contributed by atoms with Gasteiger partial charge >= 0.3 is 0 Å². The molecule has 110 valence electrons. The summed E-state index contributed by atoms with van der Waals surface area (Å²) in [5, 5.41) is 5.85. The molecule has 5 heteroatoms. The summed E-state index contributed by atoms with van der Waals surface area (Å²) < 4.78 is 14.0. The molecular weight excluding hydrogens is 335 g/mol. The van der Waals surface area contributed by atoms with Crippen molar-refractivity contribution < 1.29 is 9.18 Å². The molecule has 2 N–H and O–H groups in total. The van der Waals surface area contributed by atoms with Crippen LogP contribution in [0.5, 0.6) is 0 Å². The molecule has 0 spiro atoms. The summed E-state index contributed by atoms with van der Waals surface area (Å²) in [6.45, 7) is 2.41. The van der Waals surface area contributed by atoms with Crippen LogP contribution < -0.4 is 10.6 Å². The number of amides is 1. The highest BCUT2D eigenvalue weighted by Gasteiger charge is 2.04. The summed E-state index contributed by atoms with van der Waals surface area (Å²) >= 11 is 3.42. The normalized spacial score (nSPS) is 10.2. The molecule has 0 unspecified atom stereocenters. The number of halogens is 2. The Kier molecular flexibility index (Phi) is 5.33. The second-order valence-electron chi connectivity index (χ2n) is 4.70. The molecule has 0 aliphatic carbocycles. The molecule has 0 saturated heterocycles. The molecule has 2 rings (SSSR count). The Hall–Kier alpha value is -1.88. The van der Waals surface area contributed by atoms with Gasteiger partial charge in [-0.05, 0) is 48.9 Å². The van der Waals surface area contributed by atoms with Crippen molar-refractivity contribution in [3.8, 4) is 0 Å². The molecule has 1 amide bonds. The zero-order valence-corrected chi connectivity index (χ0v) is 13.2. The summed E-state index contributed by atoms with van der Waals surface area (Å²) in [6, 6.07) is 11.8. The van der Waals surface area contributed by atoms with Crippen molar-refractivity contribution in [2.75, 3.05) is 17.2 Å². The molecule has 0 saturated carbocycles. The number of rotatable bonds is 5. The topological polar surface area (TPSA) is 41.1 Å². The molecule has 2 aromatic carbocycles. The van der Waals surface area contributed by atoms with Gasteiger partial charge in [0.05, 0.1) is 0 Å². The third-order valence-corrected chi connectivity index (χ3v) is 3.84. The largest absolute Gasteiger partial charge is 0.384 e. The fourth-order valence-corrected chi connectivity index (χ4v) is 2.11.